The van der Waals surface area contributed by atoms with Gasteiger partial charge < -0.3 is 14.7 Å². The molecule has 1 aromatic rings. The smallest absolute Gasteiger partial charge is 0.308 e. The number of benzene rings is 1. The number of carbonyl (C=O) groups excluding carboxylic acids is 1. The molecule has 6 heteroatoms. The quantitative estimate of drug-likeness (QED) is 0.900. The van der Waals surface area contributed by atoms with E-state index in [9.17, 15) is 9.59 Å². The van der Waals surface area contributed by atoms with Crippen LogP contribution in [0.15, 0.2) is 28.7 Å². The van der Waals surface area contributed by atoms with Crippen molar-refractivity contribution in [2.45, 2.75) is 20.0 Å². The predicted octanol–water partition coefficient (Wildman–Crippen LogP) is 2.40. The molecule has 0 aromatic heterocycles. The van der Waals surface area contributed by atoms with Gasteiger partial charge in [-0.2, -0.15) is 0 Å². The first-order valence-corrected chi connectivity index (χ1v) is 7.61. The maximum Gasteiger partial charge on any atom is 0.308 e. The van der Waals surface area contributed by atoms with Crippen molar-refractivity contribution in [3.8, 4) is 5.75 Å². The second-order valence-electron chi connectivity index (χ2n) is 5.38. The Balaban J connectivity index is 1.97. The van der Waals surface area contributed by atoms with Crippen molar-refractivity contribution in [2.24, 2.45) is 11.8 Å². The Bertz CT molecular complexity index is 531. The molecule has 1 aromatic carbocycles. The molecule has 1 amide bonds. The lowest BCUT2D eigenvalue weighted by atomic mass is 9.99. The van der Waals surface area contributed by atoms with Gasteiger partial charge in [0.05, 0.1) is 5.92 Å². The highest BCUT2D eigenvalue weighted by molar-refractivity contribution is 9.10. The molecule has 1 fully saturated rings. The van der Waals surface area contributed by atoms with E-state index in [1.165, 1.54) is 0 Å². The van der Waals surface area contributed by atoms with Gasteiger partial charge in [0.25, 0.3) is 5.91 Å². The Hall–Kier alpha value is -1.56. The molecule has 3 atom stereocenters. The van der Waals surface area contributed by atoms with Crippen LogP contribution in [-0.2, 0) is 9.59 Å². The third kappa shape index (κ3) is 3.75. The van der Waals surface area contributed by atoms with Gasteiger partial charge in [0.1, 0.15) is 5.75 Å². The molecule has 1 unspecified atom stereocenters. The zero-order chi connectivity index (χ0) is 15.6. The first-order chi connectivity index (χ1) is 9.88. The summed E-state index contributed by atoms with van der Waals surface area (Å²) in [6.07, 6.45) is -0.633. The van der Waals surface area contributed by atoms with Crippen LogP contribution in [0.5, 0.6) is 5.75 Å². The van der Waals surface area contributed by atoms with Gasteiger partial charge in [0.15, 0.2) is 6.10 Å². The average molecular weight is 356 g/mol. The highest BCUT2D eigenvalue weighted by Gasteiger charge is 2.38. The maximum atomic E-state index is 12.3. The minimum atomic E-state index is -0.848. The number of amides is 1. The zero-order valence-electron chi connectivity index (χ0n) is 12.0. The third-order valence-corrected chi connectivity index (χ3v) is 4.24. The average Bonchev–Trinajstić information content (AvgIpc) is 2.82. The molecule has 21 heavy (non-hydrogen) atoms. The molecule has 0 saturated carbocycles. The summed E-state index contributed by atoms with van der Waals surface area (Å²) in [5.41, 5.74) is 0. The van der Waals surface area contributed by atoms with Gasteiger partial charge in [0, 0.05) is 17.6 Å². The standard InChI is InChI=1S/C15H18BrNO4/c1-9-7-17(8-13(9)15(19)20)14(18)10(2)21-12-5-3-11(16)4-6-12/h3-6,9-10,13H,7-8H2,1-2H3,(H,19,20)/t9-,10?,13-/m1/s1. The van der Waals surface area contributed by atoms with Gasteiger partial charge in [-0.3, -0.25) is 9.59 Å². The third-order valence-electron chi connectivity index (χ3n) is 3.72. The SMILES string of the molecule is CC(Oc1ccc(Br)cc1)C(=O)N1C[C@@H](C)[C@H](C(=O)O)C1. The molecule has 114 valence electrons. The van der Waals surface area contributed by atoms with Crippen LogP contribution >= 0.6 is 15.9 Å². The van der Waals surface area contributed by atoms with E-state index in [1.54, 1.807) is 24.0 Å². The first-order valence-electron chi connectivity index (χ1n) is 6.82. The van der Waals surface area contributed by atoms with E-state index in [4.69, 9.17) is 9.84 Å². The summed E-state index contributed by atoms with van der Waals surface area (Å²) in [7, 11) is 0. The highest BCUT2D eigenvalue weighted by atomic mass is 79.9. The Morgan fingerprint density at radius 3 is 2.48 bits per heavy atom. The van der Waals surface area contributed by atoms with Crippen LogP contribution in [-0.4, -0.2) is 41.1 Å². The minimum Gasteiger partial charge on any atom is -0.481 e. The summed E-state index contributed by atoms with van der Waals surface area (Å²) < 4.78 is 6.55. The van der Waals surface area contributed by atoms with Gasteiger partial charge >= 0.3 is 5.97 Å². The number of carboxylic acids is 1. The number of hydrogen-bond donors (Lipinski definition) is 1. The van der Waals surface area contributed by atoms with Crippen molar-refractivity contribution in [2.75, 3.05) is 13.1 Å². The largest absolute Gasteiger partial charge is 0.481 e. The summed E-state index contributed by atoms with van der Waals surface area (Å²) in [5.74, 6) is -0.936. The summed E-state index contributed by atoms with van der Waals surface area (Å²) in [6.45, 7) is 4.25. The molecule has 0 radical (unpaired) electrons. The number of ether oxygens (including phenoxy) is 1. The topological polar surface area (TPSA) is 66.8 Å². The van der Waals surface area contributed by atoms with Gasteiger partial charge in [0.2, 0.25) is 0 Å². The van der Waals surface area contributed by atoms with Crippen molar-refractivity contribution in [3.63, 3.8) is 0 Å². The summed E-state index contributed by atoms with van der Waals surface area (Å²) in [4.78, 5) is 25.0. The fourth-order valence-electron chi connectivity index (χ4n) is 2.49. The number of halogens is 1. The van der Waals surface area contributed by atoms with Gasteiger partial charge in [-0.1, -0.05) is 22.9 Å². The number of likely N-dealkylation sites (tertiary alicyclic amines) is 1. The molecule has 0 bridgehead atoms. The van der Waals surface area contributed by atoms with Crippen LogP contribution in [0.4, 0.5) is 0 Å². The zero-order valence-corrected chi connectivity index (χ0v) is 13.5. The summed E-state index contributed by atoms with van der Waals surface area (Å²) >= 11 is 3.33. The number of rotatable bonds is 4. The Labute approximate surface area is 132 Å². The molecule has 2 rings (SSSR count). The molecular formula is C15H18BrNO4. The molecule has 5 nitrogen and oxygen atoms in total. The number of carboxylic acid groups (broad SMARTS) is 1. The lowest BCUT2D eigenvalue weighted by molar-refractivity contribution is -0.142. The molecule has 0 aliphatic carbocycles. The lowest BCUT2D eigenvalue weighted by Crippen LogP contribution is -2.39. The first kappa shape index (κ1) is 15.8. The number of hydrogen-bond acceptors (Lipinski definition) is 3. The van der Waals surface area contributed by atoms with Crippen LogP contribution in [0.2, 0.25) is 0 Å². The second kappa shape index (κ2) is 6.47. The van der Waals surface area contributed by atoms with E-state index in [2.05, 4.69) is 15.9 Å². The minimum absolute atomic E-state index is 0.0358. The molecule has 1 N–H and O–H groups in total. The monoisotopic (exact) mass is 355 g/mol. The van der Waals surface area contributed by atoms with Gasteiger partial charge in [-0.15, -0.1) is 0 Å². The van der Waals surface area contributed by atoms with Crippen molar-refractivity contribution in [1.29, 1.82) is 0 Å². The lowest BCUT2D eigenvalue weighted by Gasteiger charge is -2.21. The van der Waals surface area contributed by atoms with Gasteiger partial charge in [-0.05, 0) is 37.1 Å². The second-order valence-corrected chi connectivity index (χ2v) is 6.29. The molecule has 1 saturated heterocycles. The Morgan fingerprint density at radius 2 is 1.95 bits per heavy atom. The summed E-state index contributed by atoms with van der Waals surface area (Å²) in [6, 6.07) is 7.23. The van der Waals surface area contributed by atoms with E-state index in [0.717, 1.165) is 4.47 Å². The van der Waals surface area contributed by atoms with E-state index < -0.39 is 18.0 Å². The summed E-state index contributed by atoms with van der Waals surface area (Å²) in [5, 5.41) is 9.11. The Morgan fingerprint density at radius 1 is 1.33 bits per heavy atom. The molecule has 1 aliphatic rings. The van der Waals surface area contributed by atoms with E-state index in [-0.39, 0.29) is 18.4 Å². The fourth-order valence-corrected chi connectivity index (χ4v) is 2.76. The Kier molecular flexibility index (Phi) is 4.88. The fraction of sp³-hybridized carbons (Fsp3) is 0.467. The van der Waals surface area contributed by atoms with Crippen molar-refractivity contribution < 1.29 is 19.4 Å². The van der Waals surface area contributed by atoms with Crippen LogP contribution in [0.3, 0.4) is 0 Å². The predicted molar refractivity (Wildman–Crippen MR) is 81.1 cm³/mol. The van der Waals surface area contributed by atoms with Crippen LogP contribution < -0.4 is 4.74 Å². The number of carbonyl (C=O) groups is 2. The van der Waals surface area contributed by atoms with Crippen LogP contribution in [0.1, 0.15) is 13.8 Å². The van der Waals surface area contributed by atoms with E-state index >= 15 is 0 Å². The number of nitrogens with zero attached hydrogens (tertiary/aromatic N) is 1. The van der Waals surface area contributed by atoms with Gasteiger partial charge in [-0.25, -0.2) is 0 Å². The highest BCUT2D eigenvalue weighted by Crippen LogP contribution is 2.24. The molecule has 1 aliphatic heterocycles. The maximum absolute atomic E-state index is 12.3. The van der Waals surface area contributed by atoms with Crippen molar-refractivity contribution >= 4 is 27.8 Å². The molecule has 0 spiro atoms. The van der Waals surface area contributed by atoms with E-state index in [1.807, 2.05) is 19.1 Å². The normalized spacial score (nSPS) is 22.9. The molecular weight excluding hydrogens is 338 g/mol. The van der Waals surface area contributed by atoms with Crippen LogP contribution in [0.25, 0.3) is 0 Å². The van der Waals surface area contributed by atoms with E-state index in [0.29, 0.717) is 12.3 Å². The number of aliphatic carboxylic acids is 1. The van der Waals surface area contributed by atoms with Crippen molar-refractivity contribution in [1.82, 2.24) is 4.90 Å². The van der Waals surface area contributed by atoms with Crippen molar-refractivity contribution in [3.05, 3.63) is 28.7 Å². The molecule has 1 heterocycles. The van der Waals surface area contributed by atoms with Crippen LogP contribution in [0, 0.1) is 11.8 Å².